The molecule has 24 heavy (non-hydrogen) atoms. The van der Waals surface area contributed by atoms with Crippen LogP contribution in [-0.2, 0) is 21.4 Å². The van der Waals surface area contributed by atoms with E-state index in [9.17, 15) is 13.2 Å². The summed E-state index contributed by atoms with van der Waals surface area (Å²) in [6, 6.07) is 6.17. The molecule has 1 aromatic carbocycles. The Morgan fingerprint density at radius 2 is 2.08 bits per heavy atom. The van der Waals surface area contributed by atoms with Gasteiger partial charge >= 0.3 is 0 Å². The van der Waals surface area contributed by atoms with Crippen molar-refractivity contribution in [2.24, 2.45) is 5.92 Å². The Morgan fingerprint density at radius 1 is 1.33 bits per heavy atom. The van der Waals surface area contributed by atoms with E-state index in [4.69, 9.17) is 0 Å². The molecule has 1 N–H and O–H groups in total. The minimum Gasteiger partial charge on any atom is -0.352 e. The summed E-state index contributed by atoms with van der Waals surface area (Å²) in [5, 5.41) is 2.97. The fourth-order valence-corrected chi connectivity index (χ4v) is 4.76. The summed E-state index contributed by atoms with van der Waals surface area (Å²) >= 11 is 0. The van der Waals surface area contributed by atoms with Crippen molar-refractivity contribution in [1.29, 1.82) is 0 Å². The number of piperidine rings is 1. The van der Waals surface area contributed by atoms with E-state index >= 15 is 0 Å². The number of nitrogens with zero attached hydrogens (tertiary/aromatic N) is 1. The van der Waals surface area contributed by atoms with E-state index in [2.05, 4.69) is 11.4 Å². The molecule has 0 spiro atoms. The maximum Gasteiger partial charge on any atom is 0.224 e. The monoisotopic (exact) mass is 352 g/mol. The molecule has 0 aliphatic carbocycles. The van der Waals surface area contributed by atoms with Crippen molar-refractivity contribution < 1.29 is 13.2 Å². The van der Waals surface area contributed by atoms with E-state index in [1.165, 1.54) is 9.87 Å². The van der Waals surface area contributed by atoms with Gasteiger partial charge in [0, 0.05) is 19.6 Å². The zero-order chi connectivity index (χ0) is 17.7. The second-order valence-electron chi connectivity index (χ2n) is 6.66. The molecule has 2 rings (SSSR count). The third-order valence-corrected chi connectivity index (χ3v) is 6.60. The molecule has 0 aromatic heterocycles. The molecule has 134 valence electrons. The average Bonchev–Trinajstić information content (AvgIpc) is 2.54. The minimum absolute atomic E-state index is 0.0497. The van der Waals surface area contributed by atoms with Gasteiger partial charge in [0.05, 0.1) is 11.7 Å². The highest BCUT2D eigenvalue weighted by atomic mass is 32.2. The van der Waals surface area contributed by atoms with Gasteiger partial charge in [-0.3, -0.25) is 4.79 Å². The molecule has 1 atom stereocenters. The van der Waals surface area contributed by atoms with Crippen LogP contribution in [0.5, 0.6) is 0 Å². The Bertz CT molecular complexity index is 686. The van der Waals surface area contributed by atoms with Crippen molar-refractivity contribution >= 4 is 15.9 Å². The van der Waals surface area contributed by atoms with Gasteiger partial charge in [-0.1, -0.05) is 30.7 Å². The molecule has 6 heteroatoms. The molecular formula is C18H28N2O3S. The van der Waals surface area contributed by atoms with Gasteiger partial charge in [0.1, 0.15) is 0 Å². The lowest BCUT2D eigenvalue weighted by molar-refractivity contribution is -0.126. The number of carbonyl (C=O) groups is 1. The van der Waals surface area contributed by atoms with Crippen molar-refractivity contribution in [3.05, 3.63) is 34.9 Å². The molecule has 1 saturated heterocycles. The van der Waals surface area contributed by atoms with Crippen LogP contribution in [0.15, 0.2) is 18.2 Å². The van der Waals surface area contributed by atoms with Crippen LogP contribution in [0.1, 0.15) is 42.9 Å². The number of hydrogen-bond donors (Lipinski definition) is 1. The maximum atomic E-state index is 12.4. The normalized spacial score (nSPS) is 19.2. The smallest absolute Gasteiger partial charge is 0.224 e. The van der Waals surface area contributed by atoms with Gasteiger partial charge in [0.15, 0.2) is 0 Å². The molecule has 1 aliphatic heterocycles. The molecule has 1 aliphatic rings. The summed E-state index contributed by atoms with van der Waals surface area (Å²) in [7, 11) is -3.23. The maximum absolute atomic E-state index is 12.4. The zero-order valence-corrected chi connectivity index (χ0v) is 15.7. The lowest BCUT2D eigenvalue weighted by atomic mass is 9.98. The van der Waals surface area contributed by atoms with Crippen molar-refractivity contribution in [2.75, 3.05) is 18.8 Å². The Morgan fingerprint density at radius 3 is 2.75 bits per heavy atom. The predicted molar refractivity (Wildman–Crippen MR) is 96.1 cm³/mol. The highest BCUT2D eigenvalue weighted by Crippen LogP contribution is 2.20. The van der Waals surface area contributed by atoms with Gasteiger partial charge in [-0.25, -0.2) is 12.7 Å². The molecular weight excluding hydrogens is 324 g/mol. The summed E-state index contributed by atoms with van der Waals surface area (Å²) in [6.45, 7) is 7.26. The zero-order valence-electron chi connectivity index (χ0n) is 14.8. The summed E-state index contributed by atoms with van der Waals surface area (Å²) in [5.41, 5.74) is 3.46. The van der Waals surface area contributed by atoms with Gasteiger partial charge in [-0.2, -0.15) is 0 Å². The molecule has 5 nitrogen and oxygen atoms in total. The average molecular weight is 353 g/mol. The van der Waals surface area contributed by atoms with Gasteiger partial charge in [-0.05, 0) is 44.2 Å². The van der Waals surface area contributed by atoms with E-state index in [0.29, 0.717) is 26.1 Å². The van der Waals surface area contributed by atoms with Crippen molar-refractivity contribution in [3.63, 3.8) is 0 Å². The molecule has 0 saturated carbocycles. The van der Waals surface area contributed by atoms with E-state index in [-0.39, 0.29) is 17.6 Å². The van der Waals surface area contributed by atoms with Crippen LogP contribution in [0.25, 0.3) is 0 Å². The summed E-state index contributed by atoms with van der Waals surface area (Å²) in [6.07, 6.45) is 2.09. The first-order valence-corrected chi connectivity index (χ1v) is 10.3. The Hall–Kier alpha value is -1.40. The first-order valence-electron chi connectivity index (χ1n) is 8.65. The number of rotatable bonds is 6. The highest BCUT2D eigenvalue weighted by molar-refractivity contribution is 7.89. The van der Waals surface area contributed by atoms with Crippen LogP contribution in [0.2, 0.25) is 0 Å². The molecule has 0 bridgehead atoms. The van der Waals surface area contributed by atoms with Crippen LogP contribution in [0.3, 0.4) is 0 Å². The van der Waals surface area contributed by atoms with E-state index in [1.807, 2.05) is 32.9 Å². The Kier molecular flexibility index (Phi) is 6.40. The number of aryl methyl sites for hydroxylation is 2. The SMILES string of the molecule is CCCS(=O)(=O)N1CCCC(C(=O)NCc2ccc(C)cc2C)C1. The van der Waals surface area contributed by atoms with Crippen LogP contribution >= 0.6 is 0 Å². The second kappa shape index (κ2) is 8.12. The molecule has 1 amide bonds. The van der Waals surface area contributed by atoms with Crippen LogP contribution in [-0.4, -0.2) is 37.5 Å². The minimum atomic E-state index is -3.23. The number of sulfonamides is 1. The van der Waals surface area contributed by atoms with Gasteiger partial charge in [0.2, 0.25) is 15.9 Å². The lowest BCUT2D eigenvalue weighted by Gasteiger charge is -2.31. The van der Waals surface area contributed by atoms with E-state index in [1.54, 1.807) is 0 Å². The van der Waals surface area contributed by atoms with Crippen LogP contribution in [0.4, 0.5) is 0 Å². The summed E-state index contributed by atoms with van der Waals surface area (Å²) < 4.78 is 25.9. The number of hydrogen-bond acceptors (Lipinski definition) is 3. The quantitative estimate of drug-likeness (QED) is 0.855. The third-order valence-electron chi connectivity index (χ3n) is 4.56. The van der Waals surface area contributed by atoms with Gasteiger partial charge in [0.25, 0.3) is 0 Å². The molecule has 1 fully saturated rings. The fraction of sp³-hybridized carbons (Fsp3) is 0.611. The summed E-state index contributed by atoms with van der Waals surface area (Å²) in [4.78, 5) is 12.4. The van der Waals surface area contributed by atoms with Crippen molar-refractivity contribution in [3.8, 4) is 0 Å². The number of benzene rings is 1. The van der Waals surface area contributed by atoms with E-state index < -0.39 is 10.0 Å². The summed E-state index contributed by atoms with van der Waals surface area (Å²) in [5.74, 6) is -0.147. The number of amides is 1. The van der Waals surface area contributed by atoms with Crippen LogP contribution in [0, 0.1) is 19.8 Å². The molecule has 0 radical (unpaired) electrons. The Balaban J connectivity index is 1.94. The fourth-order valence-electron chi connectivity index (χ4n) is 3.17. The number of nitrogens with one attached hydrogen (secondary N) is 1. The largest absolute Gasteiger partial charge is 0.352 e. The van der Waals surface area contributed by atoms with Gasteiger partial charge in [-0.15, -0.1) is 0 Å². The molecule has 1 unspecified atom stereocenters. The Labute approximate surface area is 145 Å². The molecule has 1 aromatic rings. The lowest BCUT2D eigenvalue weighted by Crippen LogP contribution is -2.45. The van der Waals surface area contributed by atoms with Crippen LogP contribution < -0.4 is 5.32 Å². The first-order chi connectivity index (χ1) is 11.3. The van der Waals surface area contributed by atoms with Crippen molar-refractivity contribution in [2.45, 2.75) is 46.6 Å². The number of carbonyl (C=O) groups excluding carboxylic acids is 1. The third kappa shape index (κ3) is 4.80. The predicted octanol–water partition coefficient (Wildman–Crippen LogP) is 2.37. The molecule has 1 heterocycles. The second-order valence-corrected chi connectivity index (χ2v) is 8.75. The van der Waals surface area contributed by atoms with E-state index in [0.717, 1.165) is 24.0 Å². The highest BCUT2D eigenvalue weighted by Gasteiger charge is 2.31. The first kappa shape index (κ1) is 18.9. The topological polar surface area (TPSA) is 66.5 Å². The van der Waals surface area contributed by atoms with Gasteiger partial charge < -0.3 is 5.32 Å². The standard InChI is InChI=1S/C18H28N2O3S/c1-4-10-24(22,23)20-9-5-6-17(13-20)18(21)19-12-16-8-7-14(2)11-15(16)3/h7-8,11,17H,4-6,9-10,12-13H2,1-3H3,(H,19,21). The van der Waals surface area contributed by atoms with Crippen molar-refractivity contribution in [1.82, 2.24) is 9.62 Å².